The van der Waals surface area contributed by atoms with Crippen molar-refractivity contribution in [3.8, 4) is 17.2 Å². The van der Waals surface area contributed by atoms with Crippen molar-refractivity contribution in [3.05, 3.63) is 84.4 Å². The Kier molecular flexibility index (Phi) is 5.00. The normalized spacial score (nSPS) is 13.0. The summed E-state index contributed by atoms with van der Waals surface area (Å²) in [5, 5.41) is 24.6. The van der Waals surface area contributed by atoms with Gasteiger partial charge in [0, 0.05) is 11.6 Å². The lowest BCUT2D eigenvalue weighted by atomic mass is 10.2. The first kappa shape index (κ1) is 18.4. The minimum atomic E-state index is 0.210. The highest BCUT2D eigenvalue weighted by molar-refractivity contribution is 5.99. The number of nitrogens with zero attached hydrogens (tertiary/aromatic N) is 7. The number of benzene rings is 3. The molecule has 1 aromatic heterocycles. The molecule has 4 aromatic rings. The Morgan fingerprint density at radius 2 is 1.68 bits per heavy atom. The van der Waals surface area contributed by atoms with Gasteiger partial charge in [-0.25, -0.2) is 0 Å². The summed E-state index contributed by atoms with van der Waals surface area (Å²) in [6.45, 7) is 0.210. The van der Waals surface area contributed by atoms with E-state index in [-0.39, 0.29) is 12.7 Å². The number of ether oxygens (including phenoxy) is 2. The number of hydrazone groups is 1. The highest BCUT2D eigenvalue weighted by Crippen LogP contribution is 2.34. The number of amidine groups is 1. The molecule has 0 radical (unpaired) electrons. The van der Waals surface area contributed by atoms with Gasteiger partial charge < -0.3 is 9.47 Å². The first-order valence-electron chi connectivity index (χ1n) is 9.41. The van der Waals surface area contributed by atoms with Crippen LogP contribution in [0.2, 0.25) is 0 Å². The molecule has 5 rings (SSSR count). The Bertz CT molecular complexity index is 1240. The van der Waals surface area contributed by atoms with Gasteiger partial charge in [0.05, 0.1) is 11.4 Å². The van der Waals surface area contributed by atoms with Crippen LogP contribution in [0.5, 0.6) is 11.5 Å². The quantitative estimate of drug-likeness (QED) is 0.230. The summed E-state index contributed by atoms with van der Waals surface area (Å²) in [7, 11) is 0. The molecule has 0 saturated carbocycles. The van der Waals surface area contributed by atoms with E-state index in [1.165, 1.54) is 4.68 Å². The summed E-state index contributed by atoms with van der Waals surface area (Å²) in [6.07, 6.45) is 0. The first-order chi connectivity index (χ1) is 15.4. The summed E-state index contributed by atoms with van der Waals surface area (Å²) in [6, 6.07) is 24.4. The third kappa shape index (κ3) is 4.08. The zero-order valence-corrected chi connectivity index (χ0v) is 16.2. The molecule has 152 valence electrons. The van der Waals surface area contributed by atoms with Gasteiger partial charge >= 0.3 is 0 Å². The van der Waals surface area contributed by atoms with Crippen LogP contribution in [-0.4, -0.2) is 32.8 Å². The zero-order valence-electron chi connectivity index (χ0n) is 16.2. The second-order valence-corrected chi connectivity index (χ2v) is 6.41. The molecule has 0 bridgehead atoms. The Morgan fingerprint density at radius 3 is 2.52 bits per heavy atom. The third-order valence-electron chi connectivity index (χ3n) is 4.38. The molecule has 2 heterocycles. The van der Waals surface area contributed by atoms with E-state index in [2.05, 4.69) is 36.3 Å². The molecular formula is C21H16N8O2. The van der Waals surface area contributed by atoms with E-state index in [9.17, 15) is 0 Å². The van der Waals surface area contributed by atoms with Gasteiger partial charge in [-0.3, -0.25) is 5.43 Å². The van der Waals surface area contributed by atoms with Crippen LogP contribution in [0.15, 0.2) is 94.2 Å². The van der Waals surface area contributed by atoms with Crippen molar-refractivity contribution in [1.82, 2.24) is 20.2 Å². The van der Waals surface area contributed by atoms with Crippen molar-refractivity contribution >= 4 is 17.5 Å². The highest BCUT2D eigenvalue weighted by Gasteiger charge is 2.13. The number of fused-ring (bicyclic) bond motifs is 1. The predicted octanol–water partition coefficient (Wildman–Crippen LogP) is 3.95. The van der Waals surface area contributed by atoms with E-state index < -0.39 is 0 Å². The maximum atomic E-state index is 5.40. The maximum Gasteiger partial charge on any atom is 0.292 e. The molecule has 1 aliphatic rings. The average molecular weight is 412 g/mol. The van der Waals surface area contributed by atoms with E-state index in [1.807, 2.05) is 78.9 Å². The fraction of sp³-hybridized carbons (Fsp3) is 0.0476. The van der Waals surface area contributed by atoms with Crippen LogP contribution in [0.1, 0.15) is 5.56 Å². The number of tetrazole rings is 1. The summed E-state index contributed by atoms with van der Waals surface area (Å²) < 4.78 is 12.2. The van der Waals surface area contributed by atoms with Gasteiger partial charge in [-0.05, 0) is 34.7 Å². The molecule has 0 spiro atoms. The lowest BCUT2D eigenvalue weighted by molar-refractivity contribution is 0.174. The van der Waals surface area contributed by atoms with Crippen molar-refractivity contribution in [2.24, 2.45) is 15.3 Å². The molecule has 1 aliphatic heterocycles. The Morgan fingerprint density at radius 1 is 0.903 bits per heavy atom. The topological polar surface area (TPSA) is 111 Å². The van der Waals surface area contributed by atoms with Crippen molar-refractivity contribution in [3.63, 3.8) is 0 Å². The Labute approximate surface area is 176 Å². The van der Waals surface area contributed by atoms with Crippen LogP contribution in [0, 0.1) is 0 Å². The second-order valence-electron chi connectivity index (χ2n) is 6.41. The number of hydrogen-bond acceptors (Lipinski definition) is 8. The first-order valence-corrected chi connectivity index (χ1v) is 9.41. The monoisotopic (exact) mass is 412 g/mol. The lowest BCUT2D eigenvalue weighted by Crippen LogP contribution is -2.01. The van der Waals surface area contributed by atoms with Gasteiger partial charge in [0.25, 0.3) is 5.95 Å². The molecule has 0 amide bonds. The number of rotatable bonds is 5. The van der Waals surface area contributed by atoms with Gasteiger partial charge in [-0.2, -0.15) is 9.78 Å². The molecule has 31 heavy (non-hydrogen) atoms. The lowest BCUT2D eigenvalue weighted by Gasteiger charge is -2.04. The van der Waals surface area contributed by atoms with Crippen LogP contribution >= 0.6 is 0 Å². The number of hydrogen-bond donors (Lipinski definition) is 1. The molecular weight excluding hydrogens is 396 g/mol. The summed E-state index contributed by atoms with van der Waals surface area (Å²) in [5.41, 5.74) is 5.27. The minimum absolute atomic E-state index is 0.210. The van der Waals surface area contributed by atoms with Crippen molar-refractivity contribution in [2.45, 2.75) is 0 Å². The van der Waals surface area contributed by atoms with E-state index in [0.717, 1.165) is 16.9 Å². The van der Waals surface area contributed by atoms with Crippen molar-refractivity contribution < 1.29 is 9.47 Å². The van der Waals surface area contributed by atoms with Gasteiger partial charge in [0.1, 0.15) is 0 Å². The van der Waals surface area contributed by atoms with E-state index in [0.29, 0.717) is 17.3 Å². The van der Waals surface area contributed by atoms with Gasteiger partial charge in [-0.1, -0.05) is 53.6 Å². The summed E-state index contributed by atoms with van der Waals surface area (Å²) in [4.78, 5) is 0. The second kappa shape index (κ2) is 8.41. The average Bonchev–Trinajstić information content (AvgIpc) is 3.49. The Hall–Kier alpha value is -4.60. The summed E-state index contributed by atoms with van der Waals surface area (Å²) >= 11 is 0. The standard InChI is InChI=1S/C21H16N8O2/c1-3-7-15(8-4-1)20(23-22-16-11-12-18-19(13-16)31-14-30-18)24-25-21-26-27-28-29(21)17-9-5-2-6-10-17/h1-13,22H,14H2/b23-20+,25-24?. The molecule has 0 saturated heterocycles. The Balaban J connectivity index is 1.44. The molecule has 3 aromatic carbocycles. The number of anilines is 1. The smallest absolute Gasteiger partial charge is 0.292 e. The number of azo groups is 1. The van der Waals surface area contributed by atoms with E-state index in [4.69, 9.17) is 9.47 Å². The number of aromatic nitrogens is 4. The molecule has 0 unspecified atom stereocenters. The van der Waals surface area contributed by atoms with Gasteiger partial charge in [0.2, 0.25) is 12.6 Å². The third-order valence-corrected chi connectivity index (χ3v) is 4.38. The molecule has 10 heteroatoms. The number of para-hydroxylation sites is 1. The fourth-order valence-corrected chi connectivity index (χ4v) is 2.89. The molecule has 1 N–H and O–H groups in total. The van der Waals surface area contributed by atoms with Gasteiger partial charge in [0.15, 0.2) is 11.5 Å². The van der Waals surface area contributed by atoms with Gasteiger partial charge in [-0.15, -0.1) is 10.2 Å². The summed E-state index contributed by atoms with van der Waals surface area (Å²) in [5.74, 6) is 1.95. The van der Waals surface area contributed by atoms with Crippen LogP contribution in [0.25, 0.3) is 5.69 Å². The maximum absolute atomic E-state index is 5.40. The molecule has 0 aliphatic carbocycles. The van der Waals surface area contributed by atoms with Crippen LogP contribution in [0.4, 0.5) is 11.6 Å². The fourth-order valence-electron chi connectivity index (χ4n) is 2.89. The van der Waals surface area contributed by atoms with Crippen LogP contribution in [-0.2, 0) is 0 Å². The van der Waals surface area contributed by atoms with E-state index in [1.54, 1.807) is 0 Å². The largest absolute Gasteiger partial charge is 0.454 e. The zero-order chi connectivity index (χ0) is 20.9. The number of nitrogens with one attached hydrogen (secondary N) is 1. The van der Waals surface area contributed by atoms with E-state index >= 15 is 0 Å². The van der Waals surface area contributed by atoms with Crippen molar-refractivity contribution in [2.75, 3.05) is 12.2 Å². The van der Waals surface area contributed by atoms with Crippen LogP contribution in [0.3, 0.4) is 0 Å². The molecule has 0 atom stereocenters. The molecule has 10 nitrogen and oxygen atoms in total. The van der Waals surface area contributed by atoms with Crippen molar-refractivity contribution in [1.29, 1.82) is 0 Å². The molecule has 0 fully saturated rings. The minimum Gasteiger partial charge on any atom is -0.454 e. The van der Waals surface area contributed by atoms with Crippen LogP contribution < -0.4 is 14.9 Å². The predicted molar refractivity (Wildman–Crippen MR) is 113 cm³/mol. The SMILES string of the molecule is c1ccc(/C(N=Nc2nnnn2-c2ccccc2)=N\Nc2ccc3c(c2)OCO3)cc1. The highest BCUT2D eigenvalue weighted by atomic mass is 16.7.